The Bertz CT molecular complexity index is 822. The van der Waals surface area contributed by atoms with Gasteiger partial charge in [-0.15, -0.1) is 0 Å². The zero-order valence-corrected chi connectivity index (χ0v) is 41.8. The highest BCUT2D eigenvalue weighted by Gasteiger charge is 2.26. The minimum absolute atomic E-state index is 0.136. The normalized spacial score (nSPS) is 13.2. The number of carbonyl (C=O) groups excluding carboxylic acids is 1. The molecular formula is C56H113NO4. The average molecular weight is 865 g/mol. The molecule has 0 fully saturated rings. The lowest BCUT2D eigenvalue weighted by molar-refractivity contribution is -0.124. The fourth-order valence-electron chi connectivity index (χ4n) is 9.34. The third kappa shape index (κ3) is 47.1. The maximum atomic E-state index is 12.5. The lowest BCUT2D eigenvalue weighted by Crippen LogP contribution is -2.50. The second-order valence-electron chi connectivity index (χ2n) is 19.9. The van der Waals surface area contributed by atoms with Crippen molar-refractivity contribution in [3.8, 4) is 0 Å². The van der Waals surface area contributed by atoms with Crippen molar-refractivity contribution in [3.05, 3.63) is 0 Å². The predicted molar refractivity (Wildman–Crippen MR) is 269 cm³/mol. The molecule has 0 aliphatic carbocycles. The Morgan fingerprint density at radius 3 is 0.787 bits per heavy atom. The van der Waals surface area contributed by atoms with E-state index in [0.717, 1.165) is 32.1 Å². The van der Waals surface area contributed by atoms with Crippen molar-refractivity contribution in [2.45, 2.75) is 347 Å². The lowest BCUT2D eigenvalue weighted by atomic mass is 9.99. The van der Waals surface area contributed by atoms with Gasteiger partial charge in [-0.1, -0.05) is 309 Å². The summed E-state index contributed by atoms with van der Waals surface area (Å²) in [6.45, 7) is 4.22. The van der Waals surface area contributed by atoms with E-state index < -0.39 is 18.2 Å². The fraction of sp³-hybridized carbons (Fsp3) is 0.982. The number of hydrogen-bond donors (Lipinski definition) is 4. The summed E-state index contributed by atoms with van der Waals surface area (Å²) < 4.78 is 0. The van der Waals surface area contributed by atoms with Crippen LogP contribution in [0.5, 0.6) is 0 Å². The molecule has 0 bridgehead atoms. The lowest BCUT2D eigenvalue weighted by Gasteiger charge is -2.26. The van der Waals surface area contributed by atoms with Gasteiger partial charge in [-0.2, -0.15) is 0 Å². The standard InChI is InChI=1S/C56H113NO4/c1-3-5-7-9-11-13-15-17-19-21-22-23-24-25-26-27-28-29-30-31-32-33-34-35-37-39-41-43-45-47-49-51-55(60)57-53(52-58)56(61)54(59)50-48-46-44-42-40-38-36-20-18-16-14-12-10-8-6-4-2/h53-54,56,58-59,61H,3-52H2,1-2H3,(H,57,60). The van der Waals surface area contributed by atoms with Crippen LogP contribution in [0, 0.1) is 0 Å². The summed E-state index contributed by atoms with van der Waals surface area (Å²) in [6, 6.07) is -0.804. The Labute approximate surface area is 383 Å². The molecule has 61 heavy (non-hydrogen) atoms. The van der Waals surface area contributed by atoms with E-state index in [1.54, 1.807) is 0 Å². The van der Waals surface area contributed by atoms with E-state index in [2.05, 4.69) is 19.2 Å². The van der Waals surface area contributed by atoms with Crippen LogP contribution in [-0.4, -0.2) is 46.1 Å². The van der Waals surface area contributed by atoms with Crippen LogP contribution in [0.25, 0.3) is 0 Å². The number of aliphatic hydroxyl groups is 3. The Balaban J connectivity index is 3.45. The van der Waals surface area contributed by atoms with Crippen molar-refractivity contribution >= 4 is 5.91 Å². The van der Waals surface area contributed by atoms with Crippen LogP contribution in [0.3, 0.4) is 0 Å². The Morgan fingerprint density at radius 1 is 0.344 bits per heavy atom. The Morgan fingerprint density at radius 2 is 0.557 bits per heavy atom. The third-order valence-corrected chi connectivity index (χ3v) is 13.7. The molecule has 0 aromatic rings. The van der Waals surface area contributed by atoms with Crippen LogP contribution < -0.4 is 5.32 Å². The summed E-state index contributed by atoms with van der Waals surface area (Å²) in [4.78, 5) is 12.5. The fourth-order valence-corrected chi connectivity index (χ4v) is 9.34. The van der Waals surface area contributed by atoms with Crippen molar-refractivity contribution in [2.24, 2.45) is 0 Å². The molecule has 0 saturated carbocycles. The van der Waals surface area contributed by atoms with E-state index >= 15 is 0 Å². The van der Waals surface area contributed by atoms with Gasteiger partial charge in [0.05, 0.1) is 18.8 Å². The van der Waals surface area contributed by atoms with Gasteiger partial charge in [0, 0.05) is 6.42 Å². The van der Waals surface area contributed by atoms with E-state index in [1.807, 2.05) is 0 Å². The first kappa shape index (κ1) is 60.4. The summed E-state index contributed by atoms with van der Waals surface area (Å²) in [6.07, 6.45) is 62.7. The van der Waals surface area contributed by atoms with Crippen molar-refractivity contribution in [2.75, 3.05) is 6.61 Å². The molecule has 0 aromatic heterocycles. The summed E-state index contributed by atoms with van der Waals surface area (Å²) >= 11 is 0. The highest BCUT2D eigenvalue weighted by molar-refractivity contribution is 5.76. The first-order valence-electron chi connectivity index (χ1n) is 28.3. The molecule has 5 nitrogen and oxygen atoms in total. The summed E-state index contributed by atoms with van der Waals surface area (Å²) in [5.74, 6) is -0.136. The minimum Gasteiger partial charge on any atom is -0.394 e. The molecule has 0 saturated heterocycles. The molecule has 0 spiro atoms. The smallest absolute Gasteiger partial charge is 0.220 e. The molecule has 1 amide bonds. The van der Waals surface area contributed by atoms with Crippen LogP contribution in [0.15, 0.2) is 0 Å². The van der Waals surface area contributed by atoms with Gasteiger partial charge in [-0.3, -0.25) is 4.79 Å². The third-order valence-electron chi connectivity index (χ3n) is 13.7. The molecule has 366 valence electrons. The number of carbonyl (C=O) groups is 1. The second kappa shape index (κ2) is 52.0. The first-order chi connectivity index (χ1) is 30.1. The molecule has 0 aliphatic rings. The van der Waals surface area contributed by atoms with Gasteiger partial charge in [-0.25, -0.2) is 0 Å². The molecule has 3 unspecified atom stereocenters. The first-order valence-corrected chi connectivity index (χ1v) is 28.3. The van der Waals surface area contributed by atoms with Gasteiger partial charge in [-0.05, 0) is 12.8 Å². The van der Waals surface area contributed by atoms with E-state index in [0.29, 0.717) is 12.8 Å². The van der Waals surface area contributed by atoms with Gasteiger partial charge in [0.1, 0.15) is 6.10 Å². The number of nitrogens with one attached hydrogen (secondary N) is 1. The molecular weight excluding hydrogens is 751 g/mol. The monoisotopic (exact) mass is 864 g/mol. The number of unbranched alkanes of at least 4 members (excludes halogenated alkanes) is 45. The zero-order chi connectivity index (χ0) is 44.4. The van der Waals surface area contributed by atoms with E-state index in [9.17, 15) is 20.1 Å². The maximum Gasteiger partial charge on any atom is 0.220 e. The molecule has 0 heterocycles. The van der Waals surface area contributed by atoms with Gasteiger partial charge >= 0.3 is 0 Å². The molecule has 0 rings (SSSR count). The highest BCUT2D eigenvalue weighted by atomic mass is 16.3. The summed E-state index contributed by atoms with van der Waals surface area (Å²) in [5.41, 5.74) is 0. The summed E-state index contributed by atoms with van der Waals surface area (Å²) in [7, 11) is 0. The number of rotatable bonds is 53. The quantitative estimate of drug-likeness (QED) is 0.0459. The molecule has 0 aromatic carbocycles. The molecule has 4 N–H and O–H groups in total. The average Bonchev–Trinajstić information content (AvgIpc) is 3.26. The van der Waals surface area contributed by atoms with E-state index in [-0.39, 0.29) is 12.5 Å². The minimum atomic E-state index is -1.13. The van der Waals surface area contributed by atoms with Crippen molar-refractivity contribution in [1.29, 1.82) is 0 Å². The number of aliphatic hydroxyl groups excluding tert-OH is 3. The van der Waals surface area contributed by atoms with Gasteiger partial charge in [0.25, 0.3) is 0 Å². The molecule has 5 heteroatoms. The van der Waals surface area contributed by atoms with Crippen LogP contribution >= 0.6 is 0 Å². The van der Waals surface area contributed by atoms with Gasteiger partial charge in [0.2, 0.25) is 5.91 Å². The van der Waals surface area contributed by atoms with E-state index in [1.165, 1.54) is 270 Å². The Kier molecular flexibility index (Phi) is 51.4. The predicted octanol–water partition coefficient (Wildman–Crippen LogP) is 17.3. The van der Waals surface area contributed by atoms with Crippen molar-refractivity contribution < 1.29 is 20.1 Å². The van der Waals surface area contributed by atoms with Crippen LogP contribution in [0.4, 0.5) is 0 Å². The largest absolute Gasteiger partial charge is 0.394 e. The number of amides is 1. The van der Waals surface area contributed by atoms with Crippen LogP contribution in [0.2, 0.25) is 0 Å². The van der Waals surface area contributed by atoms with Crippen molar-refractivity contribution in [1.82, 2.24) is 5.32 Å². The maximum absolute atomic E-state index is 12.5. The molecule has 3 atom stereocenters. The van der Waals surface area contributed by atoms with Gasteiger partial charge in [0.15, 0.2) is 0 Å². The Hall–Kier alpha value is -0.650. The topological polar surface area (TPSA) is 89.8 Å². The van der Waals surface area contributed by atoms with Crippen molar-refractivity contribution in [3.63, 3.8) is 0 Å². The number of hydrogen-bond acceptors (Lipinski definition) is 4. The zero-order valence-electron chi connectivity index (χ0n) is 41.8. The highest BCUT2D eigenvalue weighted by Crippen LogP contribution is 2.19. The van der Waals surface area contributed by atoms with Crippen LogP contribution in [-0.2, 0) is 4.79 Å². The molecule has 0 radical (unpaired) electrons. The van der Waals surface area contributed by atoms with E-state index in [4.69, 9.17) is 0 Å². The second-order valence-corrected chi connectivity index (χ2v) is 19.9. The summed E-state index contributed by atoms with van der Waals surface area (Å²) in [5, 5.41) is 33.7. The van der Waals surface area contributed by atoms with Crippen LogP contribution in [0.1, 0.15) is 328 Å². The SMILES string of the molecule is CCCCCCCCCCCCCCCCCCCCCCCCCCCCCCCCCC(=O)NC(CO)C(O)C(O)CCCCCCCCCCCCCCCCCC. The van der Waals surface area contributed by atoms with Gasteiger partial charge < -0.3 is 20.6 Å². The molecule has 0 aliphatic heterocycles.